The summed E-state index contributed by atoms with van der Waals surface area (Å²) < 4.78 is 10.8. The van der Waals surface area contributed by atoms with Crippen molar-refractivity contribution in [1.29, 1.82) is 0 Å². The standard InChI is InChI=1S/C19H36N4O4/c1-19(2,3)27-18(25)23-10-5-4-7-16(23)15-21-17(24)20-8-6-9-22-11-13-26-14-12-22/h16H,4-15H2,1-3H3,(H2,20,21,24). The lowest BCUT2D eigenvalue weighted by atomic mass is 10.0. The molecule has 8 nitrogen and oxygen atoms in total. The largest absolute Gasteiger partial charge is 0.444 e. The molecule has 0 bridgehead atoms. The first kappa shape index (κ1) is 21.8. The molecule has 0 saturated carbocycles. The minimum atomic E-state index is -0.510. The molecule has 2 fully saturated rings. The number of carbonyl (C=O) groups is 2. The number of nitrogens with zero attached hydrogens (tertiary/aromatic N) is 2. The number of morpholine rings is 1. The van der Waals surface area contributed by atoms with Gasteiger partial charge in [-0.25, -0.2) is 9.59 Å². The van der Waals surface area contributed by atoms with Crippen molar-refractivity contribution in [2.75, 3.05) is 52.5 Å². The molecule has 1 atom stereocenters. The highest BCUT2D eigenvalue weighted by Gasteiger charge is 2.30. The van der Waals surface area contributed by atoms with Gasteiger partial charge in [-0.15, -0.1) is 0 Å². The quantitative estimate of drug-likeness (QED) is 0.683. The van der Waals surface area contributed by atoms with Crippen molar-refractivity contribution in [2.24, 2.45) is 0 Å². The molecule has 0 aromatic rings. The van der Waals surface area contributed by atoms with Gasteiger partial charge in [-0.1, -0.05) is 0 Å². The zero-order chi connectivity index (χ0) is 19.7. The van der Waals surface area contributed by atoms with E-state index in [-0.39, 0.29) is 18.2 Å². The maximum Gasteiger partial charge on any atom is 0.410 e. The minimum Gasteiger partial charge on any atom is -0.444 e. The Morgan fingerprint density at radius 2 is 1.85 bits per heavy atom. The molecule has 1 unspecified atom stereocenters. The number of nitrogens with one attached hydrogen (secondary N) is 2. The van der Waals surface area contributed by atoms with Crippen molar-refractivity contribution in [2.45, 2.75) is 58.1 Å². The zero-order valence-electron chi connectivity index (χ0n) is 17.1. The molecular weight excluding hydrogens is 348 g/mol. The van der Waals surface area contributed by atoms with Crippen LogP contribution in [0.2, 0.25) is 0 Å². The summed E-state index contributed by atoms with van der Waals surface area (Å²) >= 11 is 0. The van der Waals surface area contributed by atoms with Crippen LogP contribution in [-0.2, 0) is 9.47 Å². The van der Waals surface area contributed by atoms with Gasteiger partial charge >= 0.3 is 12.1 Å². The van der Waals surface area contributed by atoms with Crippen LogP contribution in [0.25, 0.3) is 0 Å². The lowest BCUT2D eigenvalue weighted by Crippen LogP contribution is -2.52. The molecule has 8 heteroatoms. The van der Waals surface area contributed by atoms with Crippen LogP contribution in [0.3, 0.4) is 0 Å². The molecule has 3 amide bonds. The Kier molecular flexibility index (Phi) is 8.63. The van der Waals surface area contributed by atoms with Crippen LogP contribution >= 0.6 is 0 Å². The summed E-state index contributed by atoms with van der Waals surface area (Å²) in [5.41, 5.74) is -0.510. The van der Waals surface area contributed by atoms with E-state index < -0.39 is 5.60 Å². The van der Waals surface area contributed by atoms with E-state index in [1.165, 1.54) is 0 Å². The van der Waals surface area contributed by atoms with E-state index in [4.69, 9.17) is 9.47 Å². The van der Waals surface area contributed by atoms with Gasteiger partial charge in [0.15, 0.2) is 0 Å². The SMILES string of the molecule is CC(C)(C)OC(=O)N1CCCCC1CNC(=O)NCCCN1CCOCC1. The topological polar surface area (TPSA) is 83.1 Å². The smallest absolute Gasteiger partial charge is 0.410 e. The Labute approximate surface area is 162 Å². The molecule has 0 radical (unpaired) electrons. The van der Waals surface area contributed by atoms with Crippen molar-refractivity contribution < 1.29 is 19.1 Å². The molecule has 156 valence electrons. The van der Waals surface area contributed by atoms with Crippen LogP contribution in [-0.4, -0.2) is 86.0 Å². The summed E-state index contributed by atoms with van der Waals surface area (Å²) in [4.78, 5) is 28.6. The van der Waals surface area contributed by atoms with Gasteiger partial charge < -0.3 is 25.0 Å². The summed E-state index contributed by atoms with van der Waals surface area (Å²) in [6.45, 7) is 11.9. The van der Waals surface area contributed by atoms with Crippen LogP contribution in [0.1, 0.15) is 46.5 Å². The van der Waals surface area contributed by atoms with E-state index in [0.29, 0.717) is 19.6 Å². The summed E-state index contributed by atoms with van der Waals surface area (Å²) in [5, 5.41) is 5.81. The summed E-state index contributed by atoms with van der Waals surface area (Å²) in [6, 6.07) is -0.181. The van der Waals surface area contributed by atoms with E-state index in [9.17, 15) is 9.59 Å². The number of carbonyl (C=O) groups excluding carboxylic acids is 2. The molecule has 0 aromatic carbocycles. The minimum absolute atomic E-state index is 0.00676. The van der Waals surface area contributed by atoms with Crippen LogP contribution in [0.4, 0.5) is 9.59 Å². The molecular formula is C19H36N4O4. The lowest BCUT2D eigenvalue weighted by Gasteiger charge is -2.36. The third kappa shape index (κ3) is 8.34. The van der Waals surface area contributed by atoms with Gasteiger partial charge in [0.25, 0.3) is 0 Å². The second-order valence-corrected chi connectivity index (χ2v) is 8.27. The van der Waals surface area contributed by atoms with Gasteiger partial charge in [0, 0.05) is 32.7 Å². The number of hydrogen-bond acceptors (Lipinski definition) is 5. The molecule has 0 aromatic heterocycles. The second kappa shape index (κ2) is 10.7. The van der Waals surface area contributed by atoms with Crippen LogP contribution in [0.15, 0.2) is 0 Å². The number of piperidine rings is 1. The van der Waals surface area contributed by atoms with Crippen molar-refractivity contribution in [3.8, 4) is 0 Å². The van der Waals surface area contributed by atoms with Crippen molar-refractivity contribution >= 4 is 12.1 Å². The highest BCUT2D eigenvalue weighted by molar-refractivity contribution is 5.74. The van der Waals surface area contributed by atoms with Gasteiger partial charge in [0.2, 0.25) is 0 Å². The van der Waals surface area contributed by atoms with Gasteiger partial charge in [0.1, 0.15) is 5.60 Å². The summed E-state index contributed by atoms with van der Waals surface area (Å²) in [7, 11) is 0. The van der Waals surface area contributed by atoms with E-state index >= 15 is 0 Å². The molecule has 2 aliphatic rings. The highest BCUT2D eigenvalue weighted by atomic mass is 16.6. The van der Waals surface area contributed by atoms with Gasteiger partial charge in [-0.3, -0.25) is 4.90 Å². The Morgan fingerprint density at radius 1 is 1.11 bits per heavy atom. The van der Waals surface area contributed by atoms with Crippen LogP contribution in [0, 0.1) is 0 Å². The number of amides is 3. The highest BCUT2D eigenvalue weighted by Crippen LogP contribution is 2.20. The average Bonchev–Trinajstić information content (AvgIpc) is 2.63. The first-order valence-electron chi connectivity index (χ1n) is 10.2. The number of rotatable bonds is 6. The normalized spacial score (nSPS) is 21.6. The maximum absolute atomic E-state index is 12.4. The third-order valence-corrected chi connectivity index (χ3v) is 4.79. The number of ether oxygens (including phenoxy) is 2. The molecule has 2 saturated heterocycles. The Morgan fingerprint density at radius 3 is 2.56 bits per heavy atom. The first-order chi connectivity index (χ1) is 12.8. The van der Waals surface area contributed by atoms with Crippen molar-refractivity contribution in [1.82, 2.24) is 20.4 Å². The van der Waals surface area contributed by atoms with Gasteiger partial charge in [0.05, 0.1) is 19.3 Å². The fourth-order valence-corrected chi connectivity index (χ4v) is 3.38. The second-order valence-electron chi connectivity index (χ2n) is 8.27. The maximum atomic E-state index is 12.4. The monoisotopic (exact) mass is 384 g/mol. The van der Waals surface area contributed by atoms with E-state index in [0.717, 1.165) is 58.5 Å². The van der Waals surface area contributed by atoms with Crippen LogP contribution in [0.5, 0.6) is 0 Å². The zero-order valence-corrected chi connectivity index (χ0v) is 17.1. The molecule has 0 spiro atoms. The predicted octanol–water partition coefficient (Wildman–Crippen LogP) is 1.80. The number of likely N-dealkylation sites (tertiary alicyclic amines) is 1. The Balaban J connectivity index is 1.65. The van der Waals surface area contributed by atoms with Crippen molar-refractivity contribution in [3.63, 3.8) is 0 Å². The molecule has 2 N–H and O–H groups in total. The Hall–Kier alpha value is -1.54. The third-order valence-electron chi connectivity index (χ3n) is 4.79. The molecule has 2 heterocycles. The predicted molar refractivity (Wildman–Crippen MR) is 104 cm³/mol. The van der Waals surface area contributed by atoms with Gasteiger partial charge in [-0.2, -0.15) is 0 Å². The first-order valence-corrected chi connectivity index (χ1v) is 10.2. The number of urea groups is 1. The van der Waals surface area contributed by atoms with E-state index in [1.54, 1.807) is 4.90 Å². The van der Waals surface area contributed by atoms with E-state index in [1.807, 2.05) is 20.8 Å². The lowest BCUT2D eigenvalue weighted by molar-refractivity contribution is 0.0102. The van der Waals surface area contributed by atoms with Gasteiger partial charge in [-0.05, 0) is 53.0 Å². The Bertz CT molecular complexity index is 475. The van der Waals surface area contributed by atoms with E-state index in [2.05, 4.69) is 15.5 Å². The summed E-state index contributed by atoms with van der Waals surface area (Å²) in [5.74, 6) is 0. The fraction of sp³-hybridized carbons (Fsp3) is 0.895. The van der Waals surface area contributed by atoms with Crippen LogP contribution < -0.4 is 10.6 Å². The average molecular weight is 385 g/mol. The fourth-order valence-electron chi connectivity index (χ4n) is 3.38. The molecule has 0 aliphatic carbocycles. The molecule has 2 aliphatic heterocycles. The molecule has 2 rings (SSSR count). The van der Waals surface area contributed by atoms with Crippen molar-refractivity contribution in [3.05, 3.63) is 0 Å². The molecule has 27 heavy (non-hydrogen) atoms. The number of hydrogen-bond donors (Lipinski definition) is 2. The summed E-state index contributed by atoms with van der Waals surface area (Å²) in [6.07, 6.45) is 3.55.